The number of aromatic nitrogens is 2. The zero-order valence-corrected chi connectivity index (χ0v) is 24.4. The number of halogens is 1. The van der Waals surface area contributed by atoms with Crippen LogP contribution in [0.4, 0.5) is 5.82 Å². The molecule has 3 N–H and O–H groups in total. The summed E-state index contributed by atoms with van der Waals surface area (Å²) in [7, 11) is -3.97. The average Bonchev–Trinajstić information content (AvgIpc) is 3.54. The van der Waals surface area contributed by atoms with Gasteiger partial charge in [-0.2, -0.15) is 8.42 Å². The van der Waals surface area contributed by atoms with Gasteiger partial charge in [0.2, 0.25) is 5.78 Å². The van der Waals surface area contributed by atoms with E-state index >= 15 is 0 Å². The molecule has 40 heavy (non-hydrogen) atoms. The Morgan fingerprint density at radius 2 is 2.00 bits per heavy atom. The van der Waals surface area contributed by atoms with E-state index in [1.165, 1.54) is 11.2 Å². The number of hydrogen-bond donors (Lipinski definition) is 2. The molecule has 3 heterocycles. The highest BCUT2D eigenvalue weighted by Gasteiger charge is 2.28. The Labute approximate surface area is 243 Å². The van der Waals surface area contributed by atoms with Gasteiger partial charge in [0.25, 0.3) is 0 Å². The van der Waals surface area contributed by atoms with Crippen LogP contribution in [0, 0.1) is 11.8 Å². The maximum absolute atomic E-state index is 13.8. The third kappa shape index (κ3) is 7.86. The van der Waals surface area contributed by atoms with Gasteiger partial charge >= 0.3 is 10.3 Å². The van der Waals surface area contributed by atoms with Gasteiger partial charge in [0.05, 0.1) is 17.0 Å². The van der Waals surface area contributed by atoms with E-state index in [2.05, 4.69) is 21.4 Å². The van der Waals surface area contributed by atoms with Gasteiger partial charge in [-0.1, -0.05) is 23.7 Å². The number of benzene rings is 1. The number of nitrogens with one attached hydrogen (secondary N) is 1. The Hall–Kier alpha value is -2.41. The monoisotopic (exact) mass is 604 g/mol. The number of ketones is 1. The highest BCUT2D eigenvalue weighted by Crippen LogP contribution is 2.34. The molecule has 0 spiro atoms. The molecule has 2 atom stereocenters. The third-order valence-electron chi connectivity index (χ3n) is 7.53. The van der Waals surface area contributed by atoms with Gasteiger partial charge in [-0.3, -0.25) is 8.98 Å². The van der Waals surface area contributed by atoms with E-state index in [9.17, 15) is 13.2 Å². The Bertz CT molecular complexity index is 1440. The lowest BCUT2D eigenvalue weighted by Crippen LogP contribution is -2.22. The van der Waals surface area contributed by atoms with E-state index in [1.54, 1.807) is 17.5 Å². The summed E-state index contributed by atoms with van der Waals surface area (Å²) in [5.74, 6) is 0.940. The minimum atomic E-state index is -3.97. The molecule has 1 saturated carbocycles. The second-order valence-electron chi connectivity index (χ2n) is 10.5. The Morgan fingerprint density at radius 3 is 2.77 bits per heavy atom. The van der Waals surface area contributed by atoms with Crippen molar-refractivity contribution in [3.05, 3.63) is 74.3 Å². The number of ether oxygens (including phenoxy) is 1. The van der Waals surface area contributed by atoms with Crippen LogP contribution in [-0.4, -0.2) is 50.0 Å². The van der Waals surface area contributed by atoms with Crippen LogP contribution in [0.5, 0.6) is 0 Å². The molecule has 0 amide bonds. The minimum absolute atomic E-state index is 0.0290. The molecule has 0 unspecified atom stereocenters. The van der Waals surface area contributed by atoms with Crippen molar-refractivity contribution in [1.29, 1.82) is 0 Å². The predicted molar refractivity (Wildman–Crippen MR) is 155 cm³/mol. The van der Waals surface area contributed by atoms with E-state index in [4.69, 9.17) is 25.7 Å². The number of nitrogens with two attached hydrogens (primary N) is 1. The summed E-state index contributed by atoms with van der Waals surface area (Å²) in [6.45, 7) is 1.60. The summed E-state index contributed by atoms with van der Waals surface area (Å²) < 4.78 is 32.6. The first kappa shape index (κ1) is 29.1. The average molecular weight is 605 g/mol. The second-order valence-corrected chi connectivity index (χ2v) is 13.3. The van der Waals surface area contributed by atoms with Crippen molar-refractivity contribution in [3.8, 4) is 0 Å². The zero-order valence-electron chi connectivity index (χ0n) is 22.1. The Kier molecular flexibility index (Phi) is 9.49. The van der Waals surface area contributed by atoms with Crippen molar-refractivity contribution in [1.82, 2.24) is 9.97 Å². The molecule has 5 rings (SSSR count). The van der Waals surface area contributed by atoms with Gasteiger partial charge in [-0.05, 0) is 86.1 Å². The van der Waals surface area contributed by atoms with Gasteiger partial charge in [0.1, 0.15) is 12.1 Å². The van der Waals surface area contributed by atoms with Gasteiger partial charge in [0, 0.05) is 35.4 Å². The molecule has 2 aromatic heterocycles. The first-order chi connectivity index (χ1) is 19.2. The van der Waals surface area contributed by atoms with Gasteiger partial charge in [0.15, 0.2) is 0 Å². The largest absolute Gasteiger partial charge is 0.381 e. The topological polar surface area (TPSA) is 134 Å². The number of carbonyl (C=O) groups is 1. The molecule has 0 bridgehead atoms. The number of hydrogen-bond acceptors (Lipinski definition) is 9. The fourth-order valence-corrected chi connectivity index (χ4v) is 7.31. The first-order valence-corrected chi connectivity index (χ1v) is 16.1. The highest BCUT2D eigenvalue weighted by atomic mass is 35.5. The zero-order chi connectivity index (χ0) is 28.1. The maximum atomic E-state index is 13.8. The van der Waals surface area contributed by atoms with Gasteiger partial charge < -0.3 is 10.1 Å². The molecule has 1 aliphatic carbocycles. The predicted octanol–water partition coefficient (Wildman–Crippen LogP) is 4.78. The van der Waals surface area contributed by atoms with E-state index in [0.29, 0.717) is 40.0 Å². The molecule has 1 saturated heterocycles. The lowest BCUT2D eigenvalue weighted by molar-refractivity contribution is 0.0667. The van der Waals surface area contributed by atoms with Gasteiger partial charge in [-0.25, -0.2) is 15.1 Å². The molecule has 9 nitrogen and oxygen atoms in total. The van der Waals surface area contributed by atoms with Crippen molar-refractivity contribution in [2.75, 3.05) is 25.1 Å². The van der Waals surface area contributed by atoms with Crippen molar-refractivity contribution in [3.63, 3.8) is 0 Å². The summed E-state index contributed by atoms with van der Waals surface area (Å²) in [4.78, 5) is 24.2. The summed E-state index contributed by atoms with van der Waals surface area (Å²) in [5, 5.41) is 9.04. The van der Waals surface area contributed by atoms with Crippen LogP contribution in [0.2, 0.25) is 5.02 Å². The van der Waals surface area contributed by atoms with E-state index in [-0.39, 0.29) is 24.3 Å². The standard InChI is InChI=1S/C28H33ClN4O5S2/c29-22-3-1-2-19(11-22)10-21-14-26(39-25(21)13-18-6-8-37-9-7-18)27(34)24-15-31-17-32-28(24)33-23-5-4-20(12-23)16-38-40(30,35)36/h1-3,11,14-15,17-18,20,23H,4-10,12-13,16H2,(H2,30,35,36)(H,31,32,33)/t20-,23+/m1/s1. The number of anilines is 1. The van der Waals surface area contributed by atoms with Crippen LogP contribution >= 0.6 is 22.9 Å². The van der Waals surface area contributed by atoms with Gasteiger partial charge in [-0.15, -0.1) is 11.3 Å². The first-order valence-electron chi connectivity index (χ1n) is 13.5. The second kappa shape index (κ2) is 13.1. The Balaban J connectivity index is 1.34. The van der Waals surface area contributed by atoms with E-state index in [0.717, 1.165) is 56.4 Å². The van der Waals surface area contributed by atoms with Crippen LogP contribution in [0.25, 0.3) is 0 Å². The lowest BCUT2D eigenvalue weighted by atomic mass is 9.93. The minimum Gasteiger partial charge on any atom is -0.381 e. The Morgan fingerprint density at radius 1 is 1.18 bits per heavy atom. The molecular weight excluding hydrogens is 572 g/mol. The highest BCUT2D eigenvalue weighted by molar-refractivity contribution is 7.84. The third-order valence-corrected chi connectivity index (χ3v) is 9.42. The SMILES string of the molecule is NS(=O)(=O)OC[C@@H]1CC[C@H](Nc2ncncc2C(=O)c2cc(Cc3cccc(Cl)c3)c(CC3CCOCC3)s2)C1. The van der Waals surface area contributed by atoms with Crippen LogP contribution in [0.15, 0.2) is 42.9 Å². The van der Waals surface area contributed by atoms with Crippen LogP contribution < -0.4 is 10.5 Å². The quantitative estimate of drug-likeness (QED) is 0.299. The fourth-order valence-electron chi connectivity index (χ4n) is 5.47. The lowest BCUT2D eigenvalue weighted by Gasteiger charge is -2.21. The van der Waals surface area contributed by atoms with Crippen molar-refractivity contribution in [2.24, 2.45) is 17.0 Å². The molecule has 3 aromatic rings. The fraction of sp³-hybridized carbons (Fsp3) is 0.464. The number of thiophene rings is 1. The molecular formula is C28H33ClN4O5S2. The van der Waals surface area contributed by atoms with E-state index in [1.807, 2.05) is 24.3 Å². The van der Waals surface area contributed by atoms with Crippen LogP contribution in [0.3, 0.4) is 0 Å². The summed E-state index contributed by atoms with van der Waals surface area (Å²) >= 11 is 7.80. The molecule has 12 heteroatoms. The van der Waals surface area contributed by atoms with Crippen LogP contribution in [0.1, 0.15) is 63.3 Å². The number of rotatable bonds is 11. The number of nitrogens with zero attached hydrogens (tertiary/aromatic N) is 2. The molecule has 214 valence electrons. The summed E-state index contributed by atoms with van der Waals surface area (Å²) in [5.41, 5.74) is 2.66. The molecule has 1 aliphatic heterocycles. The van der Waals surface area contributed by atoms with Crippen molar-refractivity contribution in [2.45, 2.75) is 51.0 Å². The van der Waals surface area contributed by atoms with E-state index < -0.39 is 10.3 Å². The van der Waals surface area contributed by atoms with Crippen molar-refractivity contribution >= 4 is 44.8 Å². The van der Waals surface area contributed by atoms with Crippen LogP contribution in [-0.2, 0) is 32.1 Å². The number of carbonyl (C=O) groups excluding carboxylic acids is 1. The normalized spacial score (nSPS) is 20.1. The molecule has 2 aliphatic rings. The van der Waals surface area contributed by atoms with Crippen molar-refractivity contribution < 1.29 is 22.1 Å². The molecule has 1 aromatic carbocycles. The molecule has 0 radical (unpaired) electrons. The summed E-state index contributed by atoms with van der Waals surface area (Å²) in [6, 6.07) is 9.87. The molecule has 2 fully saturated rings. The smallest absolute Gasteiger partial charge is 0.333 e. The maximum Gasteiger partial charge on any atom is 0.333 e. The summed E-state index contributed by atoms with van der Waals surface area (Å²) in [6.07, 6.45) is 8.90.